The maximum atomic E-state index is 12.9. The molecule has 2 heterocycles. The zero-order valence-corrected chi connectivity index (χ0v) is 23.6. The summed E-state index contributed by atoms with van der Waals surface area (Å²) in [7, 11) is 1.77. The average Bonchev–Trinajstić information content (AvgIpc) is 3.48. The van der Waals surface area contributed by atoms with Crippen LogP contribution in [0.4, 0.5) is 10.5 Å². The number of benzene rings is 2. The number of carbonyl (C=O) groups is 3. The van der Waals surface area contributed by atoms with Crippen LogP contribution in [0.15, 0.2) is 66.7 Å². The van der Waals surface area contributed by atoms with Gasteiger partial charge in [-0.3, -0.25) is 14.9 Å². The van der Waals surface area contributed by atoms with Crippen LogP contribution >= 0.6 is 11.3 Å². The highest BCUT2D eigenvalue weighted by atomic mass is 32.1. The SMILES string of the molecule is CN(CCN1CCC(OC(=O)Nc2ccccc2-c2ccccc2)CC1)C(=O)c1ccc(C(=O)NCCCN)s1. The van der Waals surface area contributed by atoms with Gasteiger partial charge in [-0.25, -0.2) is 4.79 Å². The Morgan fingerprint density at radius 2 is 1.70 bits per heavy atom. The Kier molecular flexibility index (Phi) is 10.7. The van der Waals surface area contributed by atoms with Gasteiger partial charge in [-0.05, 0) is 49.6 Å². The number of likely N-dealkylation sites (tertiary alicyclic amines) is 1. The summed E-state index contributed by atoms with van der Waals surface area (Å²) < 4.78 is 5.73. The minimum atomic E-state index is -0.449. The number of anilines is 1. The second kappa shape index (κ2) is 14.6. The predicted octanol–water partition coefficient (Wildman–Crippen LogP) is 4.28. The highest BCUT2D eigenvalue weighted by Crippen LogP contribution is 2.28. The lowest BCUT2D eigenvalue weighted by Gasteiger charge is -2.32. The molecule has 3 aromatic rings. The molecule has 2 aromatic carbocycles. The molecule has 0 unspecified atom stereocenters. The quantitative estimate of drug-likeness (QED) is 0.300. The largest absolute Gasteiger partial charge is 0.446 e. The van der Waals surface area contributed by atoms with Crippen LogP contribution in [0.3, 0.4) is 0 Å². The van der Waals surface area contributed by atoms with Crippen LogP contribution < -0.4 is 16.4 Å². The number of carbonyl (C=O) groups excluding carboxylic acids is 3. The molecule has 0 bridgehead atoms. The highest BCUT2D eigenvalue weighted by molar-refractivity contribution is 7.15. The molecule has 1 saturated heterocycles. The Balaban J connectivity index is 1.19. The lowest BCUT2D eigenvalue weighted by molar-refractivity contribution is 0.0541. The molecule has 4 N–H and O–H groups in total. The van der Waals surface area contributed by atoms with Gasteiger partial charge in [0.2, 0.25) is 0 Å². The number of nitrogens with two attached hydrogens (primary N) is 1. The van der Waals surface area contributed by atoms with E-state index in [1.165, 1.54) is 11.3 Å². The van der Waals surface area contributed by atoms with Crippen molar-refractivity contribution in [2.75, 3.05) is 51.6 Å². The van der Waals surface area contributed by atoms with E-state index in [2.05, 4.69) is 15.5 Å². The number of piperidine rings is 1. The van der Waals surface area contributed by atoms with Crippen molar-refractivity contribution in [2.24, 2.45) is 5.73 Å². The first-order valence-electron chi connectivity index (χ1n) is 13.6. The van der Waals surface area contributed by atoms with Crippen molar-refractivity contribution in [1.82, 2.24) is 15.1 Å². The van der Waals surface area contributed by atoms with Crippen LogP contribution in [-0.4, -0.2) is 80.1 Å². The number of para-hydroxylation sites is 1. The molecule has 0 aliphatic carbocycles. The first-order valence-corrected chi connectivity index (χ1v) is 14.4. The van der Waals surface area contributed by atoms with Crippen molar-refractivity contribution in [2.45, 2.75) is 25.4 Å². The van der Waals surface area contributed by atoms with Crippen LogP contribution in [0, 0.1) is 0 Å². The van der Waals surface area contributed by atoms with Crippen molar-refractivity contribution in [3.63, 3.8) is 0 Å². The summed E-state index contributed by atoms with van der Waals surface area (Å²) in [6.45, 7) is 3.90. The van der Waals surface area contributed by atoms with Crippen molar-refractivity contribution in [1.29, 1.82) is 0 Å². The molecule has 1 aromatic heterocycles. The van der Waals surface area contributed by atoms with E-state index < -0.39 is 6.09 Å². The highest BCUT2D eigenvalue weighted by Gasteiger charge is 2.24. The van der Waals surface area contributed by atoms with Crippen molar-refractivity contribution < 1.29 is 19.1 Å². The molecule has 9 nitrogen and oxygen atoms in total. The first-order chi connectivity index (χ1) is 19.4. The number of rotatable bonds is 11. The lowest BCUT2D eigenvalue weighted by Crippen LogP contribution is -2.42. The molecule has 1 fully saturated rings. The number of likely N-dealkylation sites (N-methyl/N-ethyl adjacent to an activating group) is 1. The van der Waals surface area contributed by atoms with Crippen LogP contribution in [0.5, 0.6) is 0 Å². The fourth-order valence-electron chi connectivity index (χ4n) is 4.55. The molecule has 3 amide bonds. The fourth-order valence-corrected chi connectivity index (χ4v) is 5.47. The van der Waals surface area contributed by atoms with Crippen LogP contribution in [0.1, 0.15) is 38.6 Å². The molecule has 0 saturated carbocycles. The Labute approximate surface area is 239 Å². The van der Waals surface area contributed by atoms with E-state index in [4.69, 9.17) is 10.5 Å². The number of ether oxygens (including phenoxy) is 1. The summed E-state index contributed by atoms with van der Waals surface area (Å²) in [6, 6.07) is 21.0. The van der Waals surface area contributed by atoms with Gasteiger partial charge in [0.25, 0.3) is 11.8 Å². The van der Waals surface area contributed by atoms with E-state index in [9.17, 15) is 14.4 Å². The normalized spacial score (nSPS) is 13.9. The van der Waals surface area contributed by atoms with Crippen LogP contribution in [0.25, 0.3) is 11.1 Å². The Hall–Kier alpha value is -3.73. The third-order valence-electron chi connectivity index (χ3n) is 6.86. The summed E-state index contributed by atoms with van der Waals surface area (Å²) in [5, 5.41) is 5.72. The summed E-state index contributed by atoms with van der Waals surface area (Å²) in [4.78, 5) is 42.7. The molecule has 10 heteroatoms. The van der Waals surface area contributed by atoms with Gasteiger partial charge in [-0.1, -0.05) is 48.5 Å². The number of hydrogen-bond donors (Lipinski definition) is 3. The van der Waals surface area contributed by atoms with Crippen LogP contribution in [-0.2, 0) is 4.74 Å². The number of hydrogen-bond acceptors (Lipinski definition) is 7. The molecule has 212 valence electrons. The standard InChI is InChI=1S/C30H37N5O4S/c1-34(29(37)27-13-12-26(40-27)28(36)32-17-7-16-31)20-21-35-18-14-23(15-19-35)39-30(38)33-25-11-6-5-10-24(25)22-8-3-2-4-9-22/h2-6,8-13,23H,7,14-21,31H2,1H3,(H,32,36)(H,33,38). The van der Waals surface area contributed by atoms with E-state index in [-0.39, 0.29) is 17.9 Å². The van der Waals surface area contributed by atoms with E-state index >= 15 is 0 Å². The molecule has 1 aliphatic heterocycles. The number of nitrogens with one attached hydrogen (secondary N) is 2. The monoisotopic (exact) mass is 563 g/mol. The van der Waals surface area contributed by atoms with E-state index in [1.807, 2.05) is 54.6 Å². The van der Waals surface area contributed by atoms with Gasteiger partial charge >= 0.3 is 6.09 Å². The van der Waals surface area contributed by atoms with E-state index in [0.717, 1.165) is 43.6 Å². The van der Waals surface area contributed by atoms with Crippen molar-refractivity contribution >= 4 is 34.9 Å². The average molecular weight is 564 g/mol. The van der Waals surface area contributed by atoms with Gasteiger partial charge in [0, 0.05) is 45.3 Å². The molecule has 1 aliphatic rings. The number of thiophene rings is 1. The minimum Gasteiger partial charge on any atom is -0.446 e. The zero-order valence-electron chi connectivity index (χ0n) is 22.8. The molecular formula is C30H37N5O4S. The van der Waals surface area contributed by atoms with E-state index in [0.29, 0.717) is 41.5 Å². The predicted molar refractivity (Wildman–Crippen MR) is 159 cm³/mol. The van der Waals surface area contributed by atoms with Crippen LogP contribution in [0.2, 0.25) is 0 Å². The van der Waals surface area contributed by atoms with Gasteiger partial charge in [0.1, 0.15) is 6.10 Å². The van der Waals surface area contributed by atoms with Crippen molar-refractivity contribution in [3.8, 4) is 11.1 Å². The van der Waals surface area contributed by atoms with Crippen molar-refractivity contribution in [3.05, 3.63) is 76.5 Å². The minimum absolute atomic E-state index is 0.100. The fraction of sp³-hybridized carbons (Fsp3) is 0.367. The lowest BCUT2D eigenvalue weighted by atomic mass is 10.0. The summed E-state index contributed by atoms with van der Waals surface area (Å²) in [5.74, 6) is -0.281. The molecule has 0 radical (unpaired) electrons. The van der Waals surface area contributed by atoms with E-state index in [1.54, 1.807) is 24.1 Å². The van der Waals surface area contributed by atoms with Gasteiger partial charge in [0.05, 0.1) is 15.4 Å². The number of amides is 3. The molecule has 4 rings (SSSR count). The second-order valence-electron chi connectivity index (χ2n) is 9.77. The van der Waals surface area contributed by atoms with Gasteiger partial charge in [0.15, 0.2) is 0 Å². The molecule has 40 heavy (non-hydrogen) atoms. The number of nitrogens with zero attached hydrogens (tertiary/aromatic N) is 2. The first kappa shape index (κ1) is 29.3. The summed E-state index contributed by atoms with van der Waals surface area (Å²) >= 11 is 1.20. The third kappa shape index (κ3) is 8.14. The van der Waals surface area contributed by atoms with Gasteiger partial charge < -0.3 is 25.6 Å². The molecular weight excluding hydrogens is 526 g/mol. The summed E-state index contributed by atoms with van der Waals surface area (Å²) in [6.07, 6.45) is 1.58. The Morgan fingerprint density at radius 3 is 2.45 bits per heavy atom. The Bertz CT molecular complexity index is 1270. The second-order valence-corrected chi connectivity index (χ2v) is 10.9. The third-order valence-corrected chi connectivity index (χ3v) is 7.93. The maximum absolute atomic E-state index is 12.9. The summed E-state index contributed by atoms with van der Waals surface area (Å²) in [5.41, 5.74) is 8.15. The molecule has 0 atom stereocenters. The van der Waals surface area contributed by atoms with Gasteiger partial charge in [-0.2, -0.15) is 0 Å². The zero-order chi connectivity index (χ0) is 28.3. The maximum Gasteiger partial charge on any atom is 0.411 e. The van der Waals surface area contributed by atoms with Gasteiger partial charge in [-0.15, -0.1) is 11.3 Å². The molecule has 0 spiro atoms. The topological polar surface area (TPSA) is 117 Å². The smallest absolute Gasteiger partial charge is 0.411 e. The Morgan fingerprint density at radius 1 is 1.00 bits per heavy atom.